The first-order valence-electron chi connectivity index (χ1n) is 9.91. The number of phenolic OH excluding ortho intramolecular Hbond substituents is 1. The van der Waals surface area contributed by atoms with Crippen LogP contribution in [0.1, 0.15) is 29.2 Å². The Morgan fingerprint density at radius 2 is 1.63 bits per heavy atom. The summed E-state index contributed by atoms with van der Waals surface area (Å²) in [5, 5.41) is 10.4. The monoisotopic (exact) mass is 366 g/mol. The standard InChI is InChI=1S/C23H30N2O2/c1-16-17(2)22-20(18(3)21(16)26)14-23(4,27-22)15-24-10-12-25(13-11-24)19-8-6-5-7-9-19/h5-9,26H,10-15H2,1-4H3. The smallest absolute Gasteiger partial charge is 0.127 e. The minimum atomic E-state index is -0.229. The third-order valence-electron chi connectivity index (χ3n) is 6.29. The van der Waals surface area contributed by atoms with Crippen LogP contribution >= 0.6 is 0 Å². The fourth-order valence-electron chi connectivity index (χ4n) is 4.54. The van der Waals surface area contributed by atoms with Gasteiger partial charge in [-0.25, -0.2) is 0 Å². The molecule has 1 saturated heterocycles. The molecule has 27 heavy (non-hydrogen) atoms. The molecule has 0 aliphatic carbocycles. The molecule has 1 N–H and O–H groups in total. The maximum Gasteiger partial charge on any atom is 0.127 e. The fraction of sp³-hybridized carbons (Fsp3) is 0.478. The number of piperazine rings is 1. The van der Waals surface area contributed by atoms with Gasteiger partial charge in [-0.3, -0.25) is 4.90 Å². The van der Waals surface area contributed by atoms with Crippen LogP contribution in [0.3, 0.4) is 0 Å². The Bertz CT molecular complexity index is 802. The van der Waals surface area contributed by atoms with E-state index >= 15 is 0 Å². The highest BCUT2D eigenvalue weighted by Gasteiger charge is 2.39. The van der Waals surface area contributed by atoms with Gasteiger partial charge in [0.2, 0.25) is 0 Å². The number of para-hydroxylation sites is 1. The summed E-state index contributed by atoms with van der Waals surface area (Å²) in [6, 6.07) is 10.7. The average molecular weight is 367 g/mol. The Kier molecular flexibility index (Phi) is 4.55. The predicted octanol–water partition coefficient (Wildman–Crippen LogP) is 3.83. The number of phenols is 1. The van der Waals surface area contributed by atoms with Crippen molar-refractivity contribution in [3.05, 3.63) is 52.6 Å². The average Bonchev–Trinajstić information content (AvgIpc) is 3.03. The van der Waals surface area contributed by atoms with Crippen LogP contribution in [-0.2, 0) is 6.42 Å². The van der Waals surface area contributed by atoms with Gasteiger partial charge in [0.25, 0.3) is 0 Å². The molecule has 2 aromatic carbocycles. The van der Waals surface area contributed by atoms with Gasteiger partial charge in [-0.15, -0.1) is 0 Å². The minimum Gasteiger partial charge on any atom is -0.507 e. The number of anilines is 1. The molecule has 0 saturated carbocycles. The molecular weight excluding hydrogens is 336 g/mol. The Labute approximate surface area is 162 Å². The zero-order valence-corrected chi connectivity index (χ0v) is 16.9. The summed E-state index contributed by atoms with van der Waals surface area (Å²) < 4.78 is 6.49. The van der Waals surface area contributed by atoms with Crippen LogP contribution in [0.5, 0.6) is 11.5 Å². The second-order valence-corrected chi connectivity index (χ2v) is 8.36. The summed E-state index contributed by atoms with van der Waals surface area (Å²) in [6.45, 7) is 13.4. The molecule has 2 aliphatic rings. The normalized spacial score (nSPS) is 22.6. The Morgan fingerprint density at radius 1 is 0.963 bits per heavy atom. The van der Waals surface area contributed by atoms with Crippen LogP contribution in [-0.4, -0.2) is 48.3 Å². The summed E-state index contributed by atoms with van der Waals surface area (Å²) in [5.41, 5.74) is 5.25. The largest absolute Gasteiger partial charge is 0.507 e. The van der Waals surface area contributed by atoms with Gasteiger partial charge in [-0.1, -0.05) is 18.2 Å². The van der Waals surface area contributed by atoms with Gasteiger partial charge in [0, 0.05) is 50.4 Å². The lowest BCUT2D eigenvalue weighted by molar-refractivity contribution is 0.0604. The van der Waals surface area contributed by atoms with Crippen molar-refractivity contribution in [2.45, 2.75) is 39.7 Å². The number of nitrogens with zero attached hydrogens (tertiary/aromatic N) is 2. The lowest BCUT2D eigenvalue weighted by Gasteiger charge is -2.39. The van der Waals surface area contributed by atoms with E-state index in [1.54, 1.807) is 0 Å². The fourth-order valence-corrected chi connectivity index (χ4v) is 4.54. The van der Waals surface area contributed by atoms with Gasteiger partial charge in [0.05, 0.1) is 0 Å². The molecule has 0 radical (unpaired) electrons. The summed E-state index contributed by atoms with van der Waals surface area (Å²) >= 11 is 0. The zero-order valence-electron chi connectivity index (χ0n) is 16.9. The number of benzene rings is 2. The van der Waals surface area contributed by atoms with Crippen LogP contribution in [0.4, 0.5) is 5.69 Å². The molecule has 144 valence electrons. The van der Waals surface area contributed by atoms with Gasteiger partial charge in [-0.05, 0) is 56.5 Å². The molecule has 0 spiro atoms. The second kappa shape index (κ2) is 6.75. The quantitative estimate of drug-likeness (QED) is 0.895. The first-order valence-corrected chi connectivity index (χ1v) is 9.91. The van der Waals surface area contributed by atoms with E-state index < -0.39 is 0 Å². The van der Waals surface area contributed by atoms with E-state index in [9.17, 15) is 5.11 Å². The van der Waals surface area contributed by atoms with Crippen molar-refractivity contribution in [2.24, 2.45) is 0 Å². The van der Waals surface area contributed by atoms with Crippen LogP contribution < -0.4 is 9.64 Å². The number of ether oxygens (including phenoxy) is 1. The first kappa shape index (κ1) is 18.2. The summed E-state index contributed by atoms with van der Waals surface area (Å²) in [4.78, 5) is 4.97. The Balaban J connectivity index is 1.44. The van der Waals surface area contributed by atoms with Crippen molar-refractivity contribution < 1.29 is 9.84 Å². The molecule has 1 atom stereocenters. The van der Waals surface area contributed by atoms with Gasteiger partial charge in [0.15, 0.2) is 0 Å². The van der Waals surface area contributed by atoms with Gasteiger partial charge in [0.1, 0.15) is 17.1 Å². The number of rotatable bonds is 3. The van der Waals surface area contributed by atoms with Crippen molar-refractivity contribution in [3.63, 3.8) is 0 Å². The molecule has 2 heterocycles. The van der Waals surface area contributed by atoms with Gasteiger partial charge >= 0.3 is 0 Å². The lowest BCUT2D eigenvalue weighted by Crippen LogP contribution is -2.52. The van der Waals surface area contributed by atoms with Crippen molar-refractivity contribution in [1.29, 1.82) is 0 Å². The maximum atomic E-state index is 10.4. The number of hydrogen-bond donors (Lipinski definition) is 1. The number of hydrogen-bond acceptors (Lipinski definition) is 4. The summed E-state index contributed by atoms with van der Waals surface area (Å²) in [5.74, 6) is 1.42. The third kappa shape index (κ3) is 3.27. The predicted molar refractivity (Wildman–Crippen MR) is 110 cm³/mol. The van der Waals surface area contributed by atoms with E-state index in [4.69, 9.17) is 4.74 Å². The van der Waals surface area contributed by atoms with Crippen LogP contribution in [0.2, 0.25) is 0 Å². The highest BCUT2D eigenvalue weighted by atomic mass is 16.5. The molecule has 2 aliphatic heterocycles. The lowest BCUT2D eigenvalue weighted by atomic mass is 9.92. The SMILES string of the molecule is Cc1c(C)c2c(c(C)c1O)CC(C)(CN1CCN(c3ccccc3)CC1)O2. The highest BCUT2D eigenvalue weighted by molar-refractivity contribution is 5.59. The Hall–Kier alpha value is -2.20. The van der Waals surface area contributed by atoms with Gasteiger partial charge in [-0.2, -0.15) is 0 Å². The number of fused-ring (bicyclic) bond motifs is 1. The molecule has 0 amide bonds. The van der Waals surface area contributed by atoms with E-state index in [-0.39, 0.29) is 5.60 Å². The van der Waals surface area contributed by atoms with Gasteiger partial charge < -0.3 is 14.7 Å². The number of aromatic hydroxyl groups is 1. The molecule has 4 nitrogen and oxygen atoms in total. The maximum absolute atomic E-state index is 10.4. The van der Waals surface area contributed by atoms with Crippen molar-refractivity contribution in [1.82, 2.24) is 4.90 Å². The van der Waals surface area contributed by atoms with E-state index in [0.29, 0.717) is 5.75 Å². The van der Waals surface area contributed by atoms with Crippen LogP contribution in [0.25, 0.3) is 0 Å². The molecule has 0 bridgehead atoms. The van der Waals surface area contributed by atoms with E-state index in [1.165, 1.54) is 11.3 Å². The molecule has 4 rings (SSSR count). The van der Waals surface area contributed by atoms with Crippen molar-refractivity contribution >= 4 is 5.69 Å². The minimum absolute atomic E-state index is 0.229. The van der Waals surface area contributed by atoms with E-state index in [2.05, 4.69) is 54.0 Å². The topological polar surface area (TPSA) is 35.9 Å². The van der Waals surface area contributed by atoms with Crippen molar-refractivity contribution in [2.75, 3.05) is 37.6 Å². The summed E-state index contributed by atoms with van der Waals surface area (Å²) in [6.07, 6.45) is 0.863. The molecule has 2 aromatic rings. The molecule has 1 unspecified atom stereocenters. The third-order valence-corrected chi connectivity index (χ3v) is 6.29. The van der Waals surface area contributed by atoms with Crippen molar-refractivity contribution in [3.8, 4) is 11.5 Å². The van der Waals surface area contributed by atoms with E-state index in [1.807, 2.05) is 13.8 Å². The van der Waals surface area contributed by atoms with Crippen LogP contribution in [0.15, 0.2) is 30.3 Å². The molecule has 1 fully saturated rings. The molecule has 0 aromatic heterocycles. The van der Waals surface area contributed by atoms with Crippen LogP contribution in [0, 0.1) is 20.8 Å². The first-order chi connectivity index (χ1) is 12.9. The Morgan fingerprint density at radius 3 is 2.30 bits per heavy atom. The highest BCUT2D eigenvalue weighted by Crippen LogP contribution is 2.45. The molecule has 4 heteroatoms. The van der Waals surface area contributed by atoms with E-state index in [0.717, 1.165) is 61.6 Å². The second-order valence-electron chi connectivity index (χ2n) is 8.36. The molecular formula is C23H30N2O2. The summed E-state index contributed by atoms with van der Waals surface area (Å²) in [7, 11) is 0. The zero-order chi connectivity index (χ0) is 19.2.